The lowest BCUT2D eigenvalue weighted by Crippen LogP contribution is -2.01. The second-order valence-corrected chi connectivity index (χ2v) is 4.33. The van der Waals surface area contributed by atoms with Gasteiger partial charge in [0.05, 0.1) is 16.0 Å². The van der Waals surface area contributed by atoms with Crippen LogP contribution in [0.5, 0.6) is 11.5 Å². The summed E-state index contributed by atoms with van der Waals surface area (Å²) in [5.41, 5.74) is -0.625. The Hall–Kier alpha value is -2.67. The number of rotatable bonds is 4. The van der Waals surface area contributed by atoms with E-state index in [0.29, 0.717) is 0 Å². The Morgan fingerprint density at radius 2 is 2.00 bits per heavy atom. The van der Waals surface area contributed by atoms with Crippen LogP contribution in [0.1, 0.15) is 10.4 Å². The van der Waals surface area contributed by atoms with Gasteiger partial charge >= 0.3 is 5.97 Å². The van der Waals surface area contributed by atoms with Crippen LogP contribution in [0.4, 0.5) is 10.1 Å². The van der Waals surface area contributed by atoms with Gasteiger partial charge in [0.15, 0.2) is 0 Å². The summed E-state index contributed by atoms with van der Waals surface area (Å²) in [6, 6.07) is 6.53. The molecule has 2 aromatic rings. The topological polar surface area (TPSA) is 89.7 Å². The third-order valence-electron chi connectivity index (χ3n) is 2.53. The van der Waals surface area contributed by atoms with E-state index in [4.69, 9.17) is 21.4 Å². The van der Waals surface area contributed by atoms with Gasteiger partial charge in [-0.15, -0.1) is 0 Å². The van der Waals surface area contributed by atoms with Gasteiger partial charge in [-0.25, -0.2) is 9.18 Å². The van der Waals surface area contributed by atoms with Gasteiger partial charge in [-0.3, -0.25) is 10.1 Å². The van der Waals surface area contributed by atoms with Crippen LogP contribution in [0.15, 0.2) is 36.4 Å². The maximum atomic E-state index is 13.3. The van der Waals surface area contributed by atoms with Gasteiger partial charge in [-0.05, 0) is 18.2 Å². The maximum absolute atomic E-state index is 13.3. The van der Waals surface area contributed by atoms with Crippen LogP contribution in [0, 0.1) is 15.9 Å². The molecule has 2 aromatic carbocycles. The standard InChI is InChI=1S/C13H7ClFNO5/c14-10-4-2-8(6-11(10)15)21-12-5-7(16(19)20)1-3-9(12)13(17)18/h1-6H,(H,17,18). The van der Waals surface area contributed by atoms with Crippen molar-refractivity contribution < 1.29 is 24.0 Å². The molecule has 0 fully saturated rings. The molecule has 0 aliphatic heterocycles. The van der Waals surface area contributed by atoms with Crippen LogP contribution in [0.3, 0.4) is 0 Å². The molecular weight excluding hydrogens is 305 g/mol. The first-order valence-electron chi connectivity index (χ1n) is 5.53. The van der Waals surface area contributed by atoms with Gasteiger partial charge < -0.3 is 9.84 Å². The Bertz CT molecular complexity index is 734. The summed E-state index contributed by atoms with van der Waals surface area (Å²) in [5.74, 6) is -2.37. The molecule has 0 saturated carbocycles. The average Bonchev–Trinajstić information content (AvgIpc) is 2.42. The molecule has 6 nitrogen and oxygen atoms in total. The first-order valence-corrected chi connectivity index (χ1v) is 5.91. The van der Waals surface area contributed by atoms with Crippen LogP contribution < -0.4 is 4.74 Å². The Kier molecular flexibility index (Phi) is 4.04. The second kappa shape index (κ2) is 5.76. The Morgan fingerprint density at radius 3 is 2.57 bits per heavy atom. The number of nitrogens with zero attached hydrogens (tertiary/aromatic N) is 1. The summed E-state index contributed by atoms with van der Waals surface area (Å²) in [6.45, 7) is 0. The van der Waals surface area contributed by atoms with Crippen molar-refractivity contribution in [1.82, 2.24) is 0 Å². The number of benzene rings is 2. The predicted octanol–water partition coefficient (Wildman–Crippen LogP) is 3.88. The number of hydrogen-bond acceptors (Lipinski definition) is 4. The number of nitro benzene ring substituents is 1. The fraction of sp³-hybridized carbons (Fsp3) is 0. The molecule has 0 bridgehead atoms. The Morgan fingerprint density at radius 1 is 1.29 bits per heavy atom. The monoisotopic (exact) mass is 311 g/mol. The van der Waals surface area contributed by atoms with E-state index < -0.39 is 16.7 Å². The van der Waals surface area contributed by atoms with Crippen LogP contribution in [-0.4, -0.2) is 16.0 Å². The molecular formula is C13H7ClFNO5. The molecule has 0 heterocycles. The van der Waals surface area contributed by atoms with Gasteiger partial charge in [-0.1, -0.05) is 11.6 Å². The Labute approximate surface area is 122 Å². The lowest BCUT2D eigenvalue weighted by atomic mass is 10.2. The van der Waals surface area contributed by atoms with Crippen molar-refractivity contribution in [2.75, 3.05) is 0 Å². The van der Waals surface area contributed by atoms with Crippen molar-refractivity contribution in [2.45, 2.75) is 0 Å². The molecule has 0 radical (unpaired) electrons. The van der Waals surface area contributed by atoms with E-state index in [1.807, 2.05) is 0 Å². The van der Waals surface area contributed by atoms with Crippen molar-refractivity contribution in [3.63, 3.8) is 0 Å². The maximum Gasteiger partial charge on any atom is 0.339 e. The summed E-state index contributed by atoms with van der Waals surface area (Å²) < 4.78 is 18.5. The van der Waals surface area contributed by atoms with E-state index >= 15 is 0 Å². The number of halogens is 2. The highest BCUT2D eigenvalue weighted by molar-refractivity contribution is 6.30. The zero-order valence-electron chi connectivity index (χ0n) is 10.2. The number of hydrogen-bond donors (Lipinski definition) is 1. The minimum Gasteiger partial charge on any atom is -0.478 e. The zero-order chi connectivity index (χ0) is 15.6. The lowest BCUT2D eigenvalue weighted by molar-refractivity contribution is -0.384. The van der Waals surface area contributed by atoms with Crippen molar-refractivity contribution in [3.8, 4) is 11.5 Å². The van der Waals surface area contributed by atoms with E-state index in [0.717, 1.165) is 24.3 Å². The number of nitro groups is 1. The van der Waals surface area contributed by atoms with Crippen LogP contribution in [-0.2, 0) is 0 Å². The van der Waals surface area contributed by atoms with Gasteiger partial charge in [0.2, 0.25) is 0 Å². The first-order chi connectivity index (χ1) is 9.88. The molecule has 21 heavy (non-hydrogen) atoms. The number of non-ortho nitro benzene ring substituents is 1. The lowest BCUT2D eigenvalue weighted by Gasteiger charge is -2.09. The van der Waals surface area contributed by atoms with Crippen LogP contribution in [0.25, 0.3) is 0 Å². The van der Waals surface area contributed by atoms with E-state index in [1.54, 1.807) is 0 Å². The quantitative estimate of drug-likeness (QED) is 0.683. The molecule has 0 saturated heterocycles. The highest BCUT2D eigenvalue weighted by Gasteiger charge is 2.17. The smallest absolute Gasteiger partial charge is 0.339 e. The summed E-state index contributed by atoms with van der Waals surface area (Å²) >= 11 is 5.52. The van der Waals surface area contributed by atoms with Crippen molar-refractivity contribution in [2.24, 2.45) is 0 Å². The van der Waals surface area contributed by atoms with Gasteiger partial charge in [0.1, 0.15) is 22.9 Å². The van der Waals surface area contributed by atoms with Gasteiger partial charge in [0, 0.05) is 12.1 Å². The number of ether oxygens (including phenoxy) is 1. The Balaban J connectivity index is 2.45. The molecule has 108 valence electrons. The van der Waals surface area contributed by atoms with E-state index in [-0.39, 0.29) is 27.8 Å². The largest absolute Gasteiger partial charge is 0.478 e. The molecule has 0 aliphatic rings. The molecule has 2 rings (SSSR count). The van der Waals surface area contributed by atoms with E-state index in [9.17, 15) is 19.3 Å². The van der Waals surface area contributed by atoms with Crippen LogP contribution >= 0.6 is 11.6 Å². The molecule has 0 amide bonds. The van der Waals surface area contributed by atoms with E-state index in [2.05, 4.69) is 0 Å². The van der Waals surface area contributed by atoms with Crippen LogP contribution in [0.2, 0.25) is 5.02 Å². The van der Waals surface area contributed by atoms with Gasteiger partial charge in [-0.2, -0.15) is 0 Å². The zero-order valence-corrected chi connectivity index (χ0v) is 11.0. The number of carbonyl (C=O) groups is 1. The number of carboxylic acid groups (broad SMARTS) is 1. The number of aromatic carboxylic acids is 1. The predicted molar refractivity (Wildman–Crippen MR) is 71.5 cm³/mol. The summed E-state index contributed by atoms with van der Waals surface area (Å²) in [4.78, 5) is 21.1. The summed E-state index contributed by atoms with van der Waals surface area (Å²) in [5, 5.41) is 19.6. The van der Waals surface area contributed by atoms with Crippen molar-refractivity contribution in [1.29, 1.82) is 0 Å². The van der Waals surface area contributed by atoms with Crippen molar-refractivity contribution >= 4 is 23.3 Å². The summed E-state index contributed by atoms with van der Waals surface area (Å²) in [7, 11) is 0. The molecule has 0 aliphatic carbocycles. The average molecular weight is 312 g/mol. The minimum absolute atomic E-state index is 0.0279. The molecule has 0 atom stereocenters. The highest BCUT2D eigenvalue weighted by Crippen LogP contribution is 2.31. The molecule has 0 unspecified atom stereocenters. The van der Waals surface area contributed by atoms with E-state index in [1.165, 1.54) is 12.1 Å². The van der Waals surface area contributed by atoms with Crippen molar-refractivity contribution in [3.05, 3.63) is 62.9 Å². The highest BCUT2D eigenvalue weighted by atomic mass is 35.5. The fourth-order valence-corrected chi connectivity index (χ4v) is 1.67. The molecule has 1 N–H and O–H groups in total. The first kappa shape index (κ1) is 14.7. The number of carboxylic acids is 1. The third-order valence-corrected chi connectivity index (χ3v) is 2.83. The molecule has 0 spiro atoms. The third kappa shape index (κ3) is 3.26. The second-order valence-electron chi connectivity index (χ2n) is 3.92. The fourth-order valence-electron chi connectivity index (χ4n) is 1.55. The normalized spacial score (nSPS) is 10.2. The summed E-state index contributed by atoms with van der Waals surface area (Å²) in [6.07, 6.45) is 0. The molecule has 8 heteroatoms. The SMILES string of the molecule is O=C(O)c1ccc([N+](=O)[O-])cc1Oc1ccc(Cl)c(F)c1. The minimum atomic E-state index is -1.32. The van der Waals surface area contributed by atoms with Gasteiger partial charge in [0.25, 0.3) is 5.69 Å². The molecule has 0 aromatic heterocycles.